The molecule has 0 spiro atoms. The van der Waals surface area contributed by atoms with E-state index in [0.29, 0.717) is 18.7 Å². The van der Waals surface area contributed by atoms with E-state index in [0.717, 1.165) is 4.31 Å². The largest absolute Gasteiger partial charge is 0.493 e. The maximum absolute atomic E-state index is 14.6. The second-order valence-corrected chi connectivity index (χ2v) is 10.8. The first-order valence-electron chi connectivity index (χ1n) is 12.7. The monoisotopic (exact) mass is 571 g/mol. The van der Waals surface area contributed by atoms with Gasteiger partial charge in [-0.15, -0.1) is 0 Å². The van der Waals surface area contributed by atoms with Crippen LogP contribution < -0.4 is 19.1 Å². The molecule has 0 heterocycles. The summed E-state index contributed by atoms with van der Waals surface area (Å²) in [5, 5.41) is 2.75. The molecule has 3 rings (SSSR count). The van der Waals surface area contributed by atoms with Gasteiger partial charge in [0.05, 0.1) is 24.8 Å². The molecule has 214 valence electrons. The third-order valence-corrected chi connectivity index (χ3v) is 8.05. The number of hydrogen-bond acceptors (Lipinski definition) is 6. The lowest BCUT2D eigenvalue weighted by Crippen LogP contribution is -2.51. The first-order chi connectivity index (χ1) is 19.1. The molecular weight excluding hydrogens is 537 g/mol. The molecule has 0 aliphatic heterocycles. The van der Waals surface area contributed by atoms with E-state index < -0.39 is 40.2 Å². The van der Waals surface area contributed by atoms with Gasteiger partial charge in [0.15, 0.2) is 11.5 Å². The number of sulfonamides is 1. The molecule has 0 saturated heterocycles. The van der Waals surface area contributed by atoms with Gasteiger partial charge in [-0.1, -0.05) is 43.3 Å². The summed E-state index contributed by atoms with van der Waals surface area (Å²) in [6, 6.07) is 17.2. The van der Waals surface area contributed by atoms with Gasteiger partial charge in [-0.05, 0) is 43.7 Å². The Morgan fingerprint density at radius 1 is 0.950 bits per heavy atom. The van der Waals surface area contributed by atoms with Gasteiger partial charge in [-0.25, -0.2) is 12.8 Å². The Morgan fingerprint density at radius 2 is 1.60 bits per heavy atom. The Hall–Kier alpha value is -4.12. The van der Waals surface area contributed by atoms with E-state index >= 15 is 0 Å². The number of nitrogens with zero attached hydrogens (tertiary/aromatic N) is 2. The Bertz CT molecular complexity index is 1420. The molecule has 2 amide bonds. The molecule has 40 heavy (non-hydrogen) atoms. The summed E-state index contributed by atoms with van der Waals surface area (Å²) in [4.78, 5) is 27.8. The predicted octanol–water partition coefficient (Wildman–Crippen LogP) is 3.98. The predicted molar refractivity (Wildman–Crippen MR) is 150 cm³/mol. The number of para-hydroxylation sites is 1. The van der Waals surface area contributed by atoms with Gasteiger partial charge in [0.1, 0.15) is 18.4 Å². The third kappa shape index (κ3) is 7.09. The van der Waals surface area contributed by atoms with Crippen molar-refractivity contribution in [2.75, 3.05) is 31.6 Å². The molecule has 1 atom stereocenters. The van der Waals surface area contributed by atoms with Gasteiger partial charge < -0.3 is 19.7 Å². The SMILES string of the molecule is CCCNC(=O)[C@@H](C)N(Cc1ccccc1F)C(=O)CN(c1ccccc1)S(=O)(=O)c1ccc(OC)c(OC)c1. The second kappa shape index (κ2) is 13.8. The fourth-order valence-electron chi connectivity index (χ4n) is 4.02. The Kier molecular flexibility index (Phi) is 10.5. The molecule has 0 radical (unpaired) electrons. The number of hydrogen-bond donors (Lipinski definition) is 1. The highest BCUT2D eigenvalue weighted by Crippen LogP contribution is 2.32. The molecule has 11 heteroatoms. The summed E-state index contributed by atoms with van der Waals surface area (Å²) >= 11 is 0. The quantitative estimate of drug-likeness (QED) is 0.333. The fraction of sp³-hybridized carbons (Fsp3) is 0.310. The van der Waals surface area contributed by atoms with Crippen LogP contribution in [0.4, 0.5) is 10.1 Å². The summed E-state index contributed by atoms with van der Waals surface area (Å²) in [6.07, 6.45) is 0.686. The average molecular weight is 572 g/mol. The molecule has 0 unspecified atom stereocenters. The molecule has 0 aliphatic carbocycles. The lowest BCUT2D eigenvalue weighted by molar-refractivity contribution is -0.139. The number of carbonyl (C=O) groups excluding carboxylic acids is 2. The van der Waals surface area contributed by atoms with Crippen LogP contribution in [0.25, 0.3) is 0 Å². The third-order valence-electron chi connectivity index (χ3n) is 6.28. The van der Waals surface area contributed by atoms with Crippen LogP contribution in [0.3, 0.4) is 0 Å². The van der Waals surface area contributed by atoms with Gasteiger partial charge in [-0.3, -0.25) is 13.9 Å². The number of amides is 2. The normalized spacial score (nSPS) is 11.8. The smallest absolute Gasteiger partial charge is 0.264 e. The number of carbonyl (C=O) groups is 2. The molecular formula is C29H34FN3O6S. The first kappa shape index (κ1) is 30.4. The van der Waals surface area contributed by atoms with Gasteiger partial charge >= 0.3 is 0 Å². The number of anilines is 1. The summed E-state index contributed by atoms with van der Waals surface area (Å²) in [6.45, 7) is 2.95. The van der Waals surface area contributed by atoms with Crippen LogP contribution >= 0.6 is 0 Å². The molecule has 3 aromatic rings. The van der Waals surface area contributed by atoms with E-state index in [1.165, 1.54) is 62.4 Å². The van der Waals surface area contributed by atoms with Crippen molar-refractivity contribution < 1.29 is 31.9 Å². The van der Waals surface area contributed by atoms with Crippen molar-refractivity contribution in [1.82, 2.24) is 10.2 Å². The second-order valence-electron chi connectivity index (χ2n) is 8.94. The van der Waals surface area contributed by atoms with Crippen LogP contribution in [0.2, 0.25) is 0 Å². The molecule has 0 saturated carbocycles. The molecule has 0 aromatic heterocycles. The number of nitrogens with one attached hydrogen (secondary N) is 1. The van der Waals surface area contributed by atoms with Gasteiger partial charge in [0.25, 0.3) is 10.0 Å². The Labute approximate surface area is 234 Å². The van der Waals surface area contributed by atoms with E-state index in [-0.39, 0.29) is 28.4 Å². The number of ether oxygens (including phenoxy) is 2. The highest BCUT2D eigenvalue weighted by Gasteiger charge is 2.33. The van der Waals surface area contributed by atoms with Crippen molar-refractivity contribution in [3.8, 4) is 11.5 Å². The molecule has 0 fully saturated rings. The zero-order valence-electron chi connectivity index (χ0n) is 23.0. The highest BCUT2D eigenvalue weighted by atomic mass is 32.2. The minimum atomic E-state index is -4.31. The van der Waals surface area contributed by atoms with Crippen LogP contribution in [0.1, 0.15) is 25.8 Å². The van der Waals surface area contributed by atoms with Crippen molar-refractivity contribution in [3.63, 3.8) is 0 Å². The van der Waals surface area contributed by atoms with Crippen LogP contribution in [0.5, 0.6) is 11.5 Å². The zero-order chi connectivity index (χ0) is 29.3. The van der Waals surface area contributed by atoms with E-state index in [1.54, 1.807) is 36.4 Å². The number of methoxy groups -OCH3 is 2. The lowest BCUT2D eigenvalue weighted by Gasteiger charge is -2.32. The molecule has 1 N–H and O–H groups in total. The maximum Gasteiger partial charge on any atom is 0.264 e. The molecule has 9 nitrogen and oxygen atoms in total. The summed E-state index contributed by atoms with van der Waals surface area (Å²) in [5.74, 6) is -1.12. The number of rotatable bonds is 13. The number of halogens is 1. The van der Waals surface area contributed by atoms with Crippen LogP contribution in [-0.4, -0.2) is 58.5 Å². The highest BCUT2D eigenvalue weighted by molar-refractivity contribution is 7.92. The van der Waals surface area contributed by atoms with E-state index in [4.69, 9.17) is 9.47 Å². The zero-order valence-corrected chi connectivity index (χ0v) is 23.8. The van der Waals surface area contributed by atoms with Gasteiger partial charge in [0.2, 0.25) is 11.8 Å². The summed E-state index contributed by atoms with van der Waals surface area (Å²) < 4.78 is 53.9. The van der Waals surface area contributed by atoms with Gasteiger partial charge in [-0.2, -0.15) is 0 Å². The minimum absolute atomic E-state index is 0.129. The summed E-state index contributed by atoms with van der Waals surface area (Å²) in [5.41, 5.74) is 0.430. The van der Waals surface area contributed by atoms with Crippen LogP contribution in [0.15, 0.2) is 77.7 Å². The van der Waals surface area contributed by atoms with Crippen molar-refractivity contribution in [1.29, 1.82) is 0 Å². The standard InChI is InChI=1S/C29H34FN3O6S/c1-5-17-31-29(35)21(2)32(19-22-11-9-10-14-25(22)30)28(34)20-33(23-12-7-6-8-13-23)40(36,37)24-15-16-26(38-3)27(18-24)39-4/h6-16,18,21H,5,17,19-20H2,1-4H3,(H,31,35)/t21-/m1/s1. The number of benzene rings is 3. The first-order valence-corrected chi connectivity index (χ1v) is 14.2. The molecule has 0 aliphatic rings. The molecule has 3 aromatic carbocycles. The Balaban J connectivity index is 2.04. The van der Waals surface area contributed by atoms with E-state index in [2.05, 4.69) is 5.32 Å². The van der Waals surface area contributed by atoms with Crippen molar-refractivity contribution in [2.45, 2.75) is 37.8 Å². The lowest BCUT2D eigenvalue weighted by atomic mass is 10.1. The van der Waals surface area contributed by atoms with Gasteiger partial charge in [0, 0.05) is 24.7 Å². The maximum atomic E-state index is 14.6. The van der Waals surface area contributed by atoms with E-state index in [9.17, 15) is 22.4 Å². The van der Waals surface area contributed by atoms with Crippen molar-refractivity contribution >= 4 is 27.5 Å². The summed E-state index contributed by atoms with van der Waals surface area (Å²) in [7, 11) is -1.49. The van der Waals surface area contributed by atoms with Crippen molar-refractivity contribution in [3.05, 3.63) is 84.2 Å². The van der Waals surface area contributed by atoms with E-state index in [1.807, 2.05) is 6.92 Å². The topological polar surface area (TPSA) is 105 Å². The van der Waals surface area contributed by atoms with Crippen LogP contribution in [-0.2, 0) is 26.2 Å². The fourth-order valence-corrected chi connectivity index (χ4v) is 5.45. The Morgan fingerprint density at radius 3 is 2.23 bits per heavy atom. The van der Waals surface area contributed by atoms with Crippen molar-refractivity contribution in [2.24, 2.45) is 0 Å². The minimum Gasteiger partial charge on any atom is -0.493 e. The van der Waals surface area contributed by atoms with Crippen LogP contribution in [0, 0.1) is 5.82 Å². The molecule has 0 bridgehead atoms. The average Bonchev–Trinajstić information content (AvgIpc) is 2.97.